The van der Waals surface area contributed by atoms with Gasteiger partial charge in [-0.2, -0.15) is 11.8 Å². The largest absolute Gasteiger partial charge is 0.493 e. The van der Waals surface area contributed by atoms with Gasteiger partial charge in [-0.05, 0) is 17.7 Å². The fourth-order valence-corrected chi connectivity index (χ4v) is 2.21. The second-order valence-electron chi connectivity index (χ2n) is 2.93. The first-order valence-electron chi connectivity index (χ1n) is 4.66. The number of thioether (sulfide) groups is 1. The second-order valence-corrected chi connectivity index (χ2v) is 4.41. The highest BCUT2D eigenvalue weighted by Gasteiger charge is 2.03. The van der Waals surface area contributed by atoms with Crippen LogP contribution < -0.4 is 9.47 Å². The Morgan fingerprint density at radius 2 is 1.93 bits per heavy atom. The van der Waals surface area contributed by atoms with E-state index in [1.54, 1.807) is 14.2 Å². The van der Waals surface area contributed by atoms with Gasteiger partial charge in [0.1, 0.15) is 0 Å². The first-order chi connectivity index (χ1) is 7.31. The van der Waals surface area contributed by atoms with Gasteiger partial charge >= 0.3 is 0 Å². The molecule has 0 unspecified atom stereocenters. The van der Waals surface area contributed by atoms with Gasteiger partial charge in [-0.3, -0.25) is 0 Å². The predicted molar refractivity (Wildman–Crippen MR) is 66.4 cm³/mol. The molecule has 0 saturated heterocycles. The maximum atomic E-state index is 5.61. The average molecular weight is 247 g/mol. The molecule has 15 heavy (non-hydrogen) atoms. The zero-order valence-corrected chi connectivity index (χ0v) is 10.5. The van der Waals surface area contributed by atoms with Crippen LogP contribution in [0.2, 0.25) is 0 Å². The van der Waals surface area contributed by atoms with E-state index in [1.807, 2.05) is 30.0 Å². The molecule has 0 amide bonds. The van der Waals surface area contributed by atoms with Crippen molar-refractivity contribution >= 4 is 23.4 Å². The Kier molecular flexibility index (Phi) is 5.73. The molecule has 0 N–H and O–H groups in total. The van der Waals surface area contributed by atoms with Gasteiger partial charge in [-0.15, -0.1) is 11.6 Å². The summed E-state index contributed by atoms with van der Waals surface area (Å²) in [5, 5.41) is 0. The molecule has 4 heteroatoms. The number of hydrogen-bond acceptors (Lipinski definition) is 3. The third-order valence-corrected chi connectivity index (χ3v) is 3.38. The van der Waals surface area contributed by atoms with Crippen LogP contribution in [0.5, 0.6) is 11.5 Å². The van der Waals surface area contributed by atoms with Gasteiger partial charge in [0.15, 0.2) is 11.5 Å². The van der Waals surface area contributed by atoms with E-state index >= 15 is 0 Å². The molecule has 1 rings (SSSR count). The molecule has 84 valence electrons. The lowest BCUT2D eigenvalue weighted by Crippen LogP contribution is -1.92. The van der Waals surface area contributed by atoms with Gasteiger partial charge in [0.2, 0.25) is 0 Å². The van der Waals surface area contributed by atoms with Crippen molar-refractivity contribution in [1.82, 2.24) is 0 Å². The summed E-state index contributed by atoms with van der Waals surface area (Å²) in [6, 6.07) is 5.97. The van der Waals surface area contributed by atoms with Gasteiger partial charge in [0.25, 0.3) is 0 Å². The molecule has 0 radical (unpaired) electrons. The summed E-state index contributed by atoms with van der Waals surface area (Å²) in [6.45, 7) is 0. The van der Waals surface area contributed by atoms with E-state index in [4.69, 9.17) is 21.1 Å². The van der Waals surface area contributed by atoms with E-state index in [0.717, 1.165) is 23.0 Å². The SMILES string of the molecule is COc1ccc(CSCCCl)cc1OC. The lowest BCUT2D eigenvalue weighted by molar-refractivity contribution is 0.354. The molecular weight excluding hydrogens is 232 g/mol. The Bertz CT molecular complexity index is 305. The van der Waals surface area contributed by atoms with E-state index in [2.05, 4.69) is 0 Å². The highest BCUT2D eigenvalue weighted by atomic mass is 35.5. The Labute approximate surface area is 99.9 Å². The van der Waals surface area contributed by atoms with E-state index in [1.165, 1.54) is 5.56 Å². The molecule has 0 heterocycles. The molecule has 0 atom stereocenters. The molecule has 0 bridgehead atoms. The third-order valence-electron chi connectivity index (χ3n) is 1.94. The monoisotopic (exact) mass is 246 g/mol. The van der Waals surface area contributed by atoms with Crippen LogP contribution in [0.4, 0.5) is 0 Å². The number of rotatable bonds is 6. The Balaban J connectivity index is 2.66. The van der Waals surface area contributed by atoms with Crippen LogP contribution in [0.15, 0.2) is 18.2 Å². The molecule has 1 aromatic rings. The molecule has 0 spiro atoms. The van der Waals surface area contributed by atoms with Crippen molar-refractivity contribution in [3.63, 3.8) is 0 Å². The third kappa shape index (κ3) is 3.84. The van der Waals surface area contributed by atoms with Crippen molar-refractivity contribution < 1.29 is 9.47 Å². The number of halogens is 1. The first-order valence-corrected chi connectivity index (χ1v) is 6.35. The van der Waals surface area contributed by atoms with Crippen LogP contribution in [0.1, 0.15) is 5.56 Å². The molecule has 0 fully saturated rings. The van der Waals surface area contributed by atoms with Gasteiger partial charge in [0.05, 0.1) is 14.2 Å². The minimum atomic E-state index is 0.692. The van der Waals surface area contributed by atoms with Crippen LogP contribution in [-0.4, -0.2) is 25.9 Å². The van der Waals surface area contributed by atoms with Gasteiger partial charge < -0.3 is 9.47 Å². The standard InChI is InChI=1S/C11H15ClO2S/c1-13-10-4-3-9(7-11(10)14-2)8-15-6-5-12/h3-4,7H,5-6,8H2,1-2H3. The van der Waals surface area contributed by atoms with E-state index in [-0.39, 0.29) is 0 Å². The summed E-state index contributed by atoms with van der Waals surface area (Å²) in [5.74, 6) is 4.16. The highest BCUT2D eigenvalue weighted by molar-refractivity contribution is 7.98. The molecule has 0 aliphatic rings. The maximum Gasteiger partial charge on any atom is 0.161 e. The zero-order chi connectivity index (χ0) is 11.1. The van der Waals surface area contributed by atoms with Crippen LogP contribution in [0.3, 0.4) is 0 Å². The minimum Gasteiger partial charge on any atom is -0.493 e. The smallest absolute Gasteiger partial charge is 0.161 e. The number of hydrogen-bond donors (Lipinski definition) is 0. The molecular formula is C11H15ClO2S. The van der Waals surface area contributed by atoms with Crippen molar-refractivity contribution in [2.75, 3.05) is 25.9 Å². The fourth-order valence-electron chi connectivity index (χ4n) is 1.21. The Hall–Kier alpha value is -0.540. The topological polar surface area (TPSA) is 18.5 Å². The van der Waals surface area contributed by atoms with Crippen molar-refractivity contribution in [2.24, 2.45) is 0 Å². The number of benzene rings is 1. The summed E-state index contributed by atoms with van der Waals surface area (Å²) in [4.78, 5) is 0. The molecule has 0 aliphatic heterocycles. The van der Waals surface area contributed by atoms with E-state index in [9.17, 15) is 0 Å². The van der Waals surface area contributed by atoms with Crippen LogP contribution in [0.25, 0.3) is 0 Å². The van der Waals surface area contributed by atoms with Gasteiger partial charge in [0, 0.05) is 17.4 Å². The number of methoxy groups -OCH3 is 2. The van der Waals surface area contributed by atoms with E-state index < -0.39 is 0 Å². The van der Waals surface area contributed by atoms with Crippen molar-refractivity contribution in [3.05, 3.63) is 23.8 Å². The van der Waals surface area contributed by atoms with Crippen molar-refractivity contribution in [1.29, 1.82) is 0 Å². The summed E-state index contributed by atoms with van der Waals surface area (Å²) in [7, 11) is 3.29. The maximum absolute atomic E-state index is 5.61. The molecule has 2 nitrogen and oxygen atoms in total. The van der Waals surface area contributed by atoms with Crippen molar-refractivity contribution in [3.8, 4) is 11.5 Å². The Morgan fingerprint density at radius 3 is 2.53 bits per heavy atom. The predicted octanol–water partition coefficient (Wildman–Crippen LogP) is 3.18. The molecule has 0 aromatic heterocycles. The first kappa shape index (κ1) is 12.5. The lowest BCUT2D eigenvalue weighted by Gasteiger charge is -2.09. The lowest BCUT2D eigenvalue weighted by atomic mass is 10.2. The van der Waals surface area contributed by atoms with E-state index in [0.29, 0.717) is 5.88 Å². The summed E-state index contributed by atoms with van der Waals surface area (Å²) >= 11 is 7.42. The second kappa shape index (κ2) is 6.85. The average Bonchev–Trinajstić information content (AvgIpc) is 2.29. The molecule has 1 aromatic carbocycles. The normalized spacial score (nSPS) is 10.1. The fraction of sp³-hybridized carbons (Fsp3) is 0.455. The summed E-state index contributed by atoms with van der Waals surface area (Å²) < 4.78 is 10.4. The summed E-state index contributed by atoms with van der Waals surface area (Å²) in [6.07, 6.45) is 0. The van der Waals surface area contributed by atoms with Gasteiger partial charge in [-0.25, -0.2) is 0 Å². The zero-order valence-electron chi connectivity index (χ0n) is 8.96. The number of ether oxygens (including phenoxy) is 2. The van der Waals surface area contributed by atoms with Crippen LogP contribution in [0, 0.1) is 0 Å². The minimum absolute atomic E-state index is 0.692. The molecule has 0 saturated carbocycles. The summed E-state index contributed by atoms with van der Waals surface area (Å²) in [5.41, 5.74) is 1.22. The highest BCUT2D eigenvalue weighted by Crippen LogP contribution is 2.28. The van der Waals surface area contributed by atoms with Crippen LogP contribution in [-0.2, 0) is 5.75 Å². The molecule has 0 aliphatic carbocycles. The Morgan fingerprint density at radius 1 is 1.20 bits per heavy atom. The van der Waals surface area contributed by atoms with Crippen LogP contribution >= 0.6 is 23.4 Å². The van der Waals surface area contributed by atoms with Crippen molar-refractivity contribution in [2.45, 2.75) is 5.75 Å². The van der Waals surface area contributed by atoms with Gasteiger partial charge in [-0.1, -0.05) is 6.07 Å². The number of alkyl halides is 1. The quantitative estimate of drug-likeness (QED) is 0.568.